The molecule has 0 saturated heterocycles. The van der Waals surface area contributed by atoms with Gasteiger partial charge in [-0.25, -0.2) is 0 Å². The van der Waals surface area contributed by atoms with Crippen molar-refractivity contribution in [1.82, 2.24) is 0 Å². The predicted octanol–water partition coefficient (Wildman–Crippen LogP) is 3.46. The van der Waals surface area contributed by atoms with Crippen molar-refractivity contribution in [3.8, 4) is 5.75 Å². The zero-order valence-corrected chi connectivity index (χ0v) is 13.3. The minimum Gasteiger partial charge on any atom is -0.495 e. The van der Waals surface area contributed by atoms with Gasteiger partial charge in [-0.3, -0.25) is 10.1 Å². The highest BCUT2D eigenvalue weighted by atomic mass is 16.6. The van der Waals surface area contributed by atoms with Crippen molar-refractivity contribution in [1.29, 1.82) is 0 Å². The average Bonchev–Trinajstić information content (AvgIpc) is 2.60. The third kappa shape index (κ3) is 2.74. The summed E-state index contributed by atoms with van der Waals surface area (Å²) in [5, 5.41) is 11.5. The molecule has 0 bridgehead atoms. The smallest absolute Gasteiger partial charge is 0.234 e. The Morgan fingerprint density at radius 1 is 1.22 bits per heavy atom. The van der Waals surface area contributed by atoms with Gasteiger partial charge in [0.25, 0.3) is 0 Å². The van der Waals surface area contributed by atoms with E-state index in [0.717, 1.165) is 30.0 Å². The molecule has 2 unspecified atom stereocenters. The number of nitrogens with zero attached hydrogens (tertiary/aromatic N) is 2. The Labute approximate surface area is 135 Å². The molecule has 23 heavy (non-hydrogen) atoms. The Hall–Kier alpha value is -2.56. The van der Waals surface area contributed by atoms with E-state index in [4.69, 9.17) is 4.74 Å². The second-order valence-corrected chi connectivity index (χ2v) is 5.78. The predicted molar refractivity (Wildman–Crippen MR) is 89.7 cm³/mol. The summed E-state index contributed by atoms with van der Waals surface area (Å²) in [6.07, 6.45) is 0.870. The van der Waals surface area contributed by atoms with Crippen LogP contribution in [0.25, 0.3) is 0 Å². The molecule has 0 radical (unpaired) electrons. The van der Waals surface area contributed by atoms with Crippen LogP contribution in [0.4, 0.5) is 5.69 Å². The zero-order valence-electron chi connectivity index (χ0n) is 13.3. The summed E-state index contributed by atoms with van der Waals surface area (Å²) in [5.41, 5.74) is 3.13. The summed E-state index contributed by atoms with van der Waals surface area (Å²) in [6, 6.07) is 14.7. The maximum atomic E-state index is 11.5. The fourth-order valence-electron chi connectivity index (χ4n) is 3.37. The molecule has 0 aromatic heterocycles. The summed E-state index contributed by atoms with van der Waals surface area (Å²) >= 11 is 0. The lowest BCUT2D eigenvalue weighted by Crippen LogP contribution is -2.43. The number of nitro groups is 1. The quantitative estimate of drug-likeness (QED) is 0.641. The standard InChI is InChI=1S/C18H20N2O3/c1-13(20(21)22)18-15-8-4-3-7-14(15)11-12-19(18)16-9-5-6-10-17(16)23-2/h3-10,13,18H,11-12H2,1-2H3. The van der Waals surface area contributed by atoms with E-state index in [1.807, 2.05) is 42.5 Å². The van der Waals surface area contributed by atoms with Crippen LogP contribution in [0.3, 0.4) is 0 Å². The van der Waals surface area contributed by atoms with Crippen molar-refractivity contribution >= 4 is 5.69 Å². The number of benzene rings is 2. The molecule has 0 amide bonds. The number of hydrogen-bond acceptors (Lipinski definition) is 4. The van der Waals surface area contributed by atoms with E-state index in [1.54, 1.807) is 14.0 Å². The molecule has 1 heterocycles. The van der Waals surface area contributed by atoms with Crippen molar-refractivity contribution in [3.05, 3.63) is 69.8 Å². The van der Waals surface area contributed by atoms with Crippen molar-refractivity contribution < 1.29 is 9.66 Å². The van der Waals surface area contributed by atoms with Crippen LogP contribution in [0.2, 0.25) is 0 Å². The molecular formula is C18H20N2O3. The van der Waals surface area contributed by atoms with Gasteiger partial charge in [-0.2, -0.15) is 0 Å². The Morgan fingerprint density at radius 3 is 2.65 bits per heavy atom. The van der Waals surface area contributed by atoms with Gasteiger partial charge in [-0.05, 0) is 29.7 Å². The van der Waals surface area contributed by atoms with E-state index in [1.165, 1.54) is 5.56 Å². The summed E-state index contributed by atoms with van der Waals surface area (Å²) in [4.78, 5) is 13.4. The maximum Gasteiger partial charge on any atom is 0.234 e. The molecule has 0 spiro atoms. The highest BCUT2D eigenvalue weighted by molar-refractivity contribution is 5.61. The molecule has 0 fully saturated rings. The van der Waals surface area contributed by atoms with Crippen molar-refractivity contribution in [2.45, 2.75) is 25.4 Å². The highest BCUT2D eigenvalue weighted by Gasteiger charge is 2.38. The van der Waals surface area contributed by atoms with Gasteiger partial charge in [0.2, 0.25) is 6.04 Å². The number of fused-ring (bicyclic) bond motifs is 1. The molecule has 0 saturated carbocycles. The monoisotopic (exact) mass is 312 g/mol. The van der Waals surface area contributed by atoms with Gasteiger partial charge >= 0.3 is 0 Å². The van der Waals surface area contributed by atoms with E-state index < -0.39 is 6.04 Å². The molecule has 120 valence electrons. The van der Waals surface area contributed by atoms with Crippen LogP contribution in [-0.2, 0) is 6.42 Å². The summed E-state index contributed by atoms with van der Waals surface area (Å²) in [5.74, 6) is 0.743. The third-order valence-electron chi connectivity index (χ3n) is 4.52. The molecule has 2 aromatic carbocycles. The minimum atomic E-state index is -0.707. The van der Waals surface area contributed by atoms with Gasteiger partial charge in [0.1, 0.15) is 11.8 Å². The first-order valence-corrected chi connectivity index (χ1v) is 7.74. The molecule has 1 aliphatic heterocycles. The fraction of sp³-hybridized carbons (Fsp3) is 0.333. The van der Waals surface area contributed by atoms with E-state index in [2.05, 4.69) is 11.0 Å². The molecule has 0 N–H and O–H groups in total. The van der Waals surface area contributed by atoms with Gasteiger partial charge in [0, 0.05) is 18.4 Å². The first-order valence-electron chi connectivity index (χ1n) is 7.74. The number of ether oxygens (including phenoxy) is 1. The van der Waals surface area contributed by atoms with Crippen LogP contribution in [0.1, 0.15) is 24.1 Å². The molecule has 3 rings (SSSR count). The number of methoxy groups -OCH3 is 1. The number of rotatable bonds is 4. The Kier molecular flexibility index (Phi) is 4.19. The number of para-hydroxylation sites is 2. The van der Waals surface area contributed by atoms with Crippen molar-refractivity contribution in [2.75, 3.05) is 18.6 Å². The van der Waals surface area contributed by atoms with Crippen molar-refractivity contribution in [3.63, 3.8) is 0 Å². The SMILES string of the molecule is COc1ccccc1N1CCc2ccccc2C1C(C)[N+](=O)[O-]. The van der Waals surface area contributed by atoms with Crippen LogP contribution in [0, 0.1) is 10.1 Å². The van der Waals surface area contributed by atoms with Crippen LogP contribution in [0.15, 0.2) is 48.5 Å². The molecule has 5 heteroatoms. The molecular weight excluding hydrogens is 292 g/mol. The van der Waals surface area contributed by atoms with E-state index in [-0.39, 0.29) is 11.0 Å². The van der Waals surface area contributed by atoms with Crippen molar-refractivity contribution in [2.24, 2.45) is 0 Å². The number of anilines is 1. The first kappa shape index (κ1) is 15.3. The first-order chi connectivity index (χ1) is 11.1. The second-order valence-electron chi connectivity index (χ2n) is 5.78. The number of hydrogen-bond donors (Lipinski definition) is 0. The van der Waals surface area contributed by atoms with Crippen LogP contribution < -0.4 is 9.64 Å². The zero-order chi connectivity index (χ0) is 16.4. The topological polar surface area (TPSA) is 55.6 Å². The average molecular weight is 312 g/mol. The van der Waals surface area contributed by atoms with Crippen LogP contribution in [-0.4, -0.2) is 24.6 Å². The lowest BCUT2D eigenvalue weighted by atomic mass is 9.88. The molecule has 5 nitrogen and oxygen atoms in total. The van der Waals surface area contributed by atoms with E-state index >= 15 is 0 Å². The molecule has 2 aromatic rings. The van der Waals surface area contributed by atoms with Gasteiger partial charge in [-0.1, -0.05) is 36.4 Å². The minimum absolute atomic E-state index is 0.199. The lowest BCUT2D eigenvalue weighted by Gasteiger charge is -2.39. The Morgan fingerprint density at radius 2 is 1.91 bits per heavy atom. The van der Waals surface area contributed by atoms with E-state index in [0.29, 0.717) is 0 Å². The van der Waals surface area contributed by atoms with E-state index in [9.17, 15) is 10.1 Å². The third-order valence-corrected chi connectivity index (χ3v) is 4.52. The summed E-state index contributed by atoms with van der Waals surface area (Å²) < 4.78 is 5.46. The lowest BCUT2D eigenvalue weighted by molar-refractivity contribution is -0.522. The molecule has 1 aliphatic rings. The fourth-order valence-corrected chi connectivity index (χ4v) is 3.37. The van der Waals surface area contributed by atoms with Gasteiger partial charge in [0.15, 0.2) is 0 Å². The summed E-state index contributed by atoms with van der Waals surface area (Å²) in [6.45, 7) is 2.41. The normalized spacial score (nSPS) is 18.2. The van der Waals surface area contributed by atoms with Crippen LogP contribution in [0.5, 0.6) is 5.75 Å². The van der Waals surface area contributed by atoms with Crippen LogP contribution >= 0.6 is 0 Å². The largest absolute Gasteiger partial charge is 0.495 e. The Balaban J connectivity index is 2.11. The maximum absolute atomic E-state index is 11.5. The van der Waals surface area contributed by atoms with Gasteiger partial charge in [0.05, 0.1) is 12.8 Å². The summed E-state index contributed by atoms with van der Waals surface area (Å²) in [7, 11) is 1.63. The molecule has 0 aliphatic carbocycles. The molecule has 2 atom stereocenters. The second kappa shape index (κ2) is 6.28. The highest BCUT2D eigenvalue weighted by Crippen LogP contribution is 2.40. The van der Waals surface area contributed by atoms with Gasteiger partial charge < -0.3 is 9.64 Å². The Bertz CT molecular complexity index is 717. The van der Waals surface area contributed by atoms with Gasteiger partial charge in [-0.15, -0.1) is 0 Å².